The van der Waals surface area contributed by atoms with Gasteiger partial charge >= 0.3 is 0 Å². The molecule has 5 nitrogen and oxygen atoms in total. The van der Waals surface area contributed by atoms with Gasteiger partial charge in [0.25, 0.3) is 10.2 Å². The summed E-state index contributed by atoms with van der Waals surface area (Å²) in [7, 11) is -3.32. The quantitative estimate of drug-likeness (QED) is 0.709. The molecule has 0 bridgehead atoms. The third-order valence-corrected chi connectivity index (χ3v) is 5.99. The highest BCUT2D eigenvalue weighted by atomic mass is 32.2. The van der Waals surface area contributed by atoms with Crippen LogP contribution in [0.25, 0.3) is 0 Å². The molecule has 1 saturated heterocycles. The lowest BCUT2D eigenvalue weighted by molar-refractivity contribution is 0.222. The van der Waals surface area contributed by atoms with Crippen molar-refractivity contribution in [2.75, 3.05) is 26.2 Å². The summed E-state index contributed by atoms with van der Waals surface area (Å²) in [4.78, 5) is 0. The first-order valence-electron chi connectivity index (χ1n) is 8.43. The summed E-state index contributed by atoms with van der Waals surface area (Å²) in [5, 5.41) is 3.40. The van der Waals surface area contributed by atoms with E-state index in [2.05, 4.69) is 19.2 Å². The first kappa shape index (κ1) is 18.9. The minimum absolute atomic E-state index is 0.0994. The van der Waals surface area contributed by atoms with Crippen LogP contribution in [0.2, 0.25) is 0 Å². The largest absolute Gasteiger partial charge is 0.313 e. The van der Waals surface area contributed by atoms with Gasteiger partial charge in [0.2, 0.25) is 0 Å². The minimum atomic E-state index is -3.32. The highest BCUT2D eigenvalue weighted by Gasteiger charge is 2.35. The molecule has 126 valence electrons. The van der Waals surface area contributed by atoms with E-state index < -0.39 is 10.2 Å². The zero-order chi connectivity index (χ0) is 15.9. The van der Waals surface area contributed by atoms with E-state index in [1.165, 1.54) is 0 Å². The van der Waals surface area contributed by atoms with Gasteiger partial charge < -0.3 is 5.32 Å². The van der Waals surface area contributed by atoms with Crippen molar-refractivity contribution in [1.29, 1.82) is 0 Å². The molecule has 0 radical (unpaired) electrons. The fraction of sp³-hybridized carbons (Fsp3) is 1.00. The summed E-state index contributed by atoms with van der Waals surface area (Å²) in [5.41, 5.74) is 0. The van der Waals surface area contributed by atoms with Crippen molar-refractivity contribution in [2.24, 2.45) is 0 Å². The first-order chi connectivity index (χ1) is 9.93. The fourth-order valence-corrected chi connectivity index (χ4v) is 4.88. The molecular formula is C15H33N3O2S. The summed E-state index contributed by atoms with van der Waals surface area (Å²) in [6, 6.07) is 0.487. The number of piperidine rings is 1. The molecule has 0 amide bonds. The molecule has 0 aromatic heterocycles. The van der Waals surface area contributed by atoms with Crippen LogP contribution >= 0.6 is 0 Å². The van der Waals surface area contributed by atoms with Gasteiger partial charge in [-0.05, 0) is 25.7 Å². The van der Waals surface area contributed by atoms with E-state index in [1.807, 2.05) is 13.8 Å². The van der Waals surface area contributed by atoms with Crippen LogP contribution in [-0.2, 0) is 10.2 Å². The average molecular weight is 320 g/mol. The Morgan fingerprint density at radius 1 is 1.19 bits per heavy atom. The Balaban J connectivity index is 2.84. The van der Waals surface area contributed by atoms with Crippen molar-refractivity contribution >= 4 is 10.2 Å². The van der Waals surface area contributed by atoms with Crippen molar-refractivity contribution in [3.8, 4) is 0 Å². The second-order valence-electron chi connectivity index (χ2n) is 6.23. The Hall–Kier alpha value is -0.170. The van der Waals surface area contributed by atoms with Crippen molar-refractivity contribution in [2.45, 2.75) is 71.9 Å². The molecule has 1 aliphatic heterocycles. The third kappa shape index (κ3) is 5.51. The Labute approximate surface area is 131 Å². The normalized spacial score (nSPS) is 21.3. The molecule has 21 heavy (non-hydrogen) atoms. The highest BCUT2D eigenvalue weighted by Crippen LogP contribution is 2.23. The molecule has 1 unspecified atom stereocenters. The van der Waals surface area contributed by atoms with Gasteiger partial charge in [-0.15, -0.1) is 0 Å². The van der Waals surface area contributed by atoms with Gasteiger partial charge in [-0.3, -0.25) is 0 Å². The molecule has 1 N–H and O–H groups in total. The Bertz CT molecular complexity index is 378. The summed E-state index contributed by atoms with van der Waals surface area (Å²) < 4.78 is 29.3. The van der Waals surface area contributed by atoms with E-state index in [0.717, 1.165) is 38.6 Å². The van der Waals surface area contributed by atoms with Crippen LogP contribution in [0.5, 0.6) is 0 Å². The predicted octanol–water partition coefficient (Wildman–Crippen LogP) is 2.21. The average Bonchev–Trinajstić information content (AvgIpc) is 2.45. The van der Waals surface area contributed by atoms with Crippen molar-refractivity contribution in [3.63, 3.8) is 0 Å². The molecular weight excluding hydrogens is 286 g/mol. The molecule has 0 aliphatic carbocycles. The first-order valence-corrected chi connectivity index (χ1v) is 9.83. The van der Waals surface area contributed by atoms with Crippen LogP contribution in [0.4, 0.5) is 0 Å². The maximum absolute atomic E-state index is 12.9. The van der Waals surface area contributed by atoms with E-state index >= 15 is 0 Å². The summed E-state index contributed by atoms with van der Waals surface area (Å²) >= 11 is 0. The molecule has 1 fully saturated rings. The zero-order valence-corrected chi connectivity index (χ0v) is 15.0. The number of nitrogens with zero attached hydrogens (tertiary/aromatic N) is 2. The summed E-state index contributed by atoms with van der Waals surface area (Å²) in [6.45, 7) is 10.9. The molecule has 1 aliphatic rings. The number of rotatable bonds is 9. The maximum atomic E-state index is 12.9. The van der Waals surface area contributed by atoms with Crippen LogP contribution in [0.3, 0.4) is 0 Å². The second-order valence-corrected chi connectivity index (χ2v) is 8.11. The van der Waals surface area contributed by atoms with E-state index in [1.54, 1.807) is 8.61 Å². The maximum Gasteiger partial charge on any atom is 0.282 e. The van der Waals surface area contributed by atoms with Gasteiger partial charge in [-0.2, -0.15) is 17.0 Å². The van der Waals surface area contributed by atoms with E-state index in [9.17, 15) is 8.42 Å². The number of nitrogens with one attached hydrogen (secondary N) is 1. The molecule has 0 aromatic rings. The number of hydrogen-bond acceptors (Lipinski definition) is 3. The van der Waals surface area contributed by atoms with Crippen LogP contribution in [0.15, 0.2) is 0 Å². The molecule has 1 rings (SSSR count). The van der Waals surface area contributed by atoms with Crippen molar-refractivity contribution in [1.82, 2.24) is 13.9 Å². The van der Waals surface area contributed by atoms with Crippen molar-refractivity contribution < 1.29 is 8.42 Å². The van der Waals surface area contributed by atoms with E-state index in [4.69, 9.17) is 0 Å². The molecule has 0 spiro atoms. The molecule has 1 atom stereocenters. The lowest BCUT2D eigenvalue weighted by atomic mass is 10.0. The zero-order valence-electron chi connectivity index (χ0n) is 14.1. The van der Waals surface area contributed by atoms with E-state index in [-0.39, 0.29) is 6.04 Å². The lowest BCUT2D eigenvalue weighted by Gasteiger charge is -2.38. The minimum Gasteiger partial charge on any atom is -0.313 e. The van der Waals surface area contributed by atoms with Gasteiger partial charge in [-0.25, -0.2) is 0 Å². The summed E-state index contributed by atoms with van der Waals surface area (Å²) in [5.74, 6) is 0. The lowest BCUT2D eigenvalue weighted by Crippen LogP contribution is -2.54. The van der Waals surface area contributed by atoms with Gasteiger partial charge in [0.1, 0.15) is 0 Å². The highest BCUT2D eigenvalue weighted by molar-refractivity contribution is 7.86. The van der Waals surface area contributed by atoms with Gasteiger partial charge in [-0.1, -0.05) is 34.1 Å². The van der Waals surface area contributed by atoms with Gasteiger partial charge in [0, 0.05) is 38.3 Å². The monoisotopic (exact) mass is 319 g/mol. The smallest absolute Gasteiger partial charge is 0.282 e. The van der Waals surface area contributed by atoms with Crippen LogP contribution in [0, 0.1) is 0 Å². The second kappa shape index (κ2) is 9.08. The van der Waals surface area contributed by atoms with Gasteiger partial charge in [0.15, 0.2) is 0 Å². The van der Waals surface area contributed by atoms with Crippen LogP contribution in [0.1, 0.15) is 59.8 Å². The standard InChI is InChI=1S/C15H33N3O2S/c1-5-10-17(11-6-2)21(19,20)18-12-8-7-9-15(18)13-16-14(3)4/h14-16H,5-13H2,1-4H3. The van der Waals surface area contributed by atoms with Gasteiger partial charge in [0.05, 0.1) is 0 Å². The Morgan fingerprint density at radius 2 is 1.81 bits per heavy atom. The molecule has 6 heteroatoms. The third-order valence-electron chi connectivity index (χ3n) is 3.90. The fourth-order valence-electron chi connectivity index (χ4n) is 2.84. The molecule has 1 heterocycles. The summed E-state index contributed by atoms with van der Waals surface area (Å²) in [6.07, 6.45) is 4.79. The predicted molar refractivity (Wildman–Crippen MR) is 88.6 cm³/mol. The van der Waals surface area contributed by atoms with Crippen LogP contribution in [-0.4, -0.2) is 55.3 Å². The van der Waals surface area contributed by atoms with E-state index in [0.29, 0.717) is 25.7 Å². The number of hydrogen-bond donors (Lipinski definition) is 1. The molecule has 0 saturated carbocycles. The molecule has 0 aromatic carbocycles. The Morgan fingerprint density at radius 3 is 2.33 bits per heavy atom. The Kier molecular flexibility index (Phi) is 8.16. The topological polar surface area (TPSA) is 52.7 Å². The SMILES string of the molecule is CCCN(CCC)S(=O)(=O)N1CCCCC1CNC(C)C. The van der Waals surface area contributed by atoms with Crippen molar-refractivity contribution in [3.05, 3.63) is 0 Å². The van der Waals surface area contributed by atoms with Crippen LogP contribution < -0.4 is 5.32 Å².